The summed E-state index contributed by atoms with van der Waals surface area (Å²) in [6.45, 7) is 0.793. The van der Waals surface area contributed by atoms with Crippen molar-refractivity contribution >= 4 is 9.84 Å². The zero-order chi connectivity index (χ0) is 15.8. The number of hydrogen-bond donors (Lipinski definition) is 1. The second-order valence-electron chi connectivity index (χ2n) is 8.38. The maximum Gasteiger partial charge on any atom is 0.175 e. The van der Waals surface area contributed by atoms with Gasteiger partial charge in [0.2, 0.25) is 0 Å². The van der Waals surface area contributed by atoms with Crippen molar-refractivity contribution in [2.75, 3.05) is 6.26 Å². The minimum absolute atomic E-state index is 0.431. The van der Waals surface area contributed by atoms with Crippen molar-refractivity contribution in [3.8, 4) is 0 Å². The Morgan fingerprint density at radius 2 is 2.17 bits per heavy atom. The quantitative estimate of drug-likeness (QED) is 0.922. The average Bonchev–Trinajstić information content (AvgIpc) is 2.93. The molecule has 4 aliphatic rings. The Kier molecular flexibility index (Phi) is 2.90. The monoisotopic (exact) mass is 331 g/mol. The molecule has 4 fully saturated rings. The SMILES string of the molecule is CS(=O)(=O)c1cccc(CN[C@@H]2C[C@@H]3C[C@H]2[C@@H]2C4CCC[C@]432)c1. The molecule has 2 bridgehead atoms. The van der Waals surface area contributed by atoms with E-state index in [0.29, 0.717) is 10.9 Å². The van der Waals surface area contributed by atoms with Crippen LogP contribution in [0.2, 0.25) is 0 Å². The summed E-state index contributed by atoms with van der Waals surface area (Å²) in [5.74, 6) is 3.95. The van der Waals surface area contributed by atoms with Gasteiger partial charge in [0.15, 0.2) is 9.84 Å². The highest BCUT2D eigenvalue weighted by Crippen LogP contribution is 2.83. The molecule has 4 aliphatic carbocycles. The van der Waals surface area contributed by atoms with E-state index in [1.165, 1.54) is 38.4 Å². The predicted molar refractivity (Wildman–Crippen MR) is 89.7 cm³/mol. The summed E-state index contributed by atoms with van der Waals surface area (Å²) in [4.78, 5) is 0.431. The van der Waals surface area contributed by atoms with E-state index < -0.39 is 9.84 Å². The minimum Gasteiger partial charge on any atom is -0.310 e. The van der Waals surface area contributed by atoms with Gasteiger partial charge in [0.25, 0.3) is 0 Å². The topological polar surface area (TPSA) is 46.2 Å². The molecule has 0 aromatic heterocycles. The lowest BCUT2D eigenvalue weighted by Crippen LogP contribution is -2.36. The normalized spacial score (nSPS) is 43.4. The molecule has 0 aliphatic heterocycles. The molecule has 124 valence electrons. The van der Waals surface area contributed by atoms with Gasteiger partial charge < -0.3 is 5.32 Å². The van der Waals surface area contributed by atoms with Gasteiger partial charge in [-0.3, -0.25) is 0 Å². The Bertz CT molecular complexity index is 754. The highest BCUT2D eigenvalue weighted by Gasteiger charge is 2.78. The molecule has 0 radical (unpaired) electrons. The summed E-state index contributed by atoms with van der Waals surface area (Å²) >= 11 is 0. The van der Waals surface area contributed by atoms with Crippen molar-refractivity contribution in [1.29, 1.82) is 0 Å². The van der Waals surface area contributed by atoms with E-state index in [9.17, 15) is 8.42 Å². The van der Waals surface area contributed by atoms with E-state index in [0.717, 1.165) is 41.2 Å². The molecule has 0 saturated heterocycles. The van der Waals surface area contributed by atoms with E-state index in [4.69, 9.17) is 0 Å². The van der Waals surface area contributed by atoms with E-state index in [-0.39, 0.29) is 0 Å². The third-order valence-corrected chi connectivity index (χ3v) is 8.60. The highest BCUT2D eigenvalue weighted by atomic mass is 32.2. The van der Waals surface area contributed by atoms with Gasteiger partial charge in [-0.05, 0) is 72.5 Å². The van der Waals surface area contributed by atoms with Crippen LogP contribution in [-0.2, 0) is 16.4 Å². The molecule has 23 heavy (non-hydrogen) atoms. The van der Waals surface area contributed by atoms with Crippen LogP contribution in [0, 0.1) is 29.1 Å². The van der Waals surface area contributed by atoms with Gasteiger partial charge >= 0.3 is 0 Å². The zero-order valence-corrected chi connectivity index (χ0v) is 14.5. The van der Waals surface area contributed by atoms with Gasteiger partial charge in [0.1, 0.15) is 0 Å². The molecule has 1 unspecified atom stereocenters. The van der Waals surface area contributed by atoms with Crippen LogP contribution in [-0.4, -0.2) is 20.7 Å². The Labute approximate surface area is 138 Å². The largest absolute Gasteiger partial charge is 0.310 e. The summed E-state index contributed by atoms with van der Waals surface area (Å²) in [6.07, 6.45) is 8.54. The standard InChI is InChI=1S/C19H25NO2S/c1-23(21,22)14-5-2-4-12(8-14)11-20-17-10-13-9-15(17)18-16-6-3-7-19(13,16)18/h2,4-5,8,13,15-18,20H,3,6-7,9-11H2,1H3/t13-,15+,16?,17+,18+,19+/m0/s1. The molecule has 4 saturated carbocycles. The smallest absolute Gasteiger partial charge is 0.175 e. The Morgan fingerprint density at radius 1 is 1.30 bits per heavy atom. The maximum atomic E-state index is 11.7. The molecule has 0 heterocycles. The molecule has 5 rings (SSSR count). The third kappa shape index (κ3) is 1.94. The van der Waals surface area contributed by atoms with Crippen molar-refractivity contribution in [1.82, 2.24) is 5.32 Å². The molecule has 1 N–H and O–H groups in total. The second-order valence-corrected chi connectivity index (χ2v) is 10.4. The van der Waals surface area contributed by atoms with Crippen LogP contribution in [0.3, 0.4) is 0 Å². The number of fused-ring (bicyclic) bond motifs is 4. The van der Waals surface area contributed by atoms with Gasteiger partial charge in [0.05, 0.1) is 4.90 Å². The summed E-state index contributed by atoms with van der Waals surface area (Å²) in [5, 5.41) is 3.76. The first-order valence-electron chi connectivity index (χ1n) is 9.02. The predicted octanol–water partition coefficient (Wildman–Crippen LogP) is 3.00. The fourth-order valence-corrected chi connectivity index (χ4v) is 7.45. The first-order chi connectivity index (χ1) is 11.0. The van der Waals surface area contributed by atoms with Gasteiger partial charge in [-0.25, -0.2) is 8.42 Å². The van der Waals surface area contributed by atoms with Crippen LogP contribution in [0.25, 0.3) is 0 Å². The zero-order valence-electron chi connectivity index (χ0n) is 13.7. The van der Waals surface area contributed by atoms with Gasteiger partial charge in [0, 0.05) is 18.8 Å². The number of nitrogens with one attached hydrogen (secondary N) is 1. The van der Waals surface area contributed by atoms with Crippen molar-refractivity contribution in [3.63, 3.8) is 0 Å². The van der Waals surface area contributed by atoms with Crippen LogP contribution in [0.4, 0.5) is 0 Å². The summed E-state index contributed by atoms with van der Waals surface area (Å²) in [6, 6.07) is 8.05. The molecule has 0 amide bonds. The lowest BCUT2D eigenvalue weighted by molar-refractivity contribution is 0.251. The van der Waals surface area contributed by atoms with Crippen molar-refractivity contribution in [2.24, 2.45) is 29.1 Å². The molecule has 6 atom stereocenters. The fraction of sp³-hybridized carbons (Fsp3) is 0.684. The second kappa shape index (κ2) is 4.60. The highest BCUT2D eigenvalue weighted by molar-refractivity contribution is 7.90. The lowest BCUT2D eigenvalue weighted by atomic mass is 9.83. The number of hydrogen-bond acceptors (Lipinski definition) is 3. The minimum atomic E-state index is -3.11. The van der Waals surface area contributed by atoms with Crippen LogP contribution in [0.5, 0.6) is 0 Å². The van der Waals surface area contributed by atoms with Crippen LogP contribution < -0.4 is 5.32 Å². The molecule has 4 heteroatoms. The number of benzene rings is 1. The van der Waals surface area contributed by atoms with Crippen molar-refractivity contribution in [2.45, 2.75) is 49.6 Å². The molecule has 1 aromatic carbocycles. The van der Waals surface area contributed by atoms with Crippen LogP contribution in [0.15, 0.2) is 29.2 Å². The lowest BCUT2D eigenvalue weighted by Gasteiger charge is -2.28. The number of sulfone groups is 1. The van der Waals surface area contributed by atoms with Crippen molar-refractivity contribution < 1.29 is 8.42 Å². The van der Waals surface area contributed by atoms with Crippen LogP contribution in [0.1, 0.15) is 37.7 Å². The third-order valence-electron chi connectivity index (χ3n) is 7.49. The van der Waals surface area contributed by atoms with E-state index in [1.807, 2.05) is 18.2 Å². The first kappa shape index (κ1) is 14.5. The molecule has 1 spiro atoms. The summed E-state index contributed by atoms with van der Waals surface area (Å²) in [7, 11) is -3.11. The van der Waals surface area contributed by atoms with E-state index in [1.54, 1.807) is 6.07 Å². The van der Waals surface area contributed by atoms with E-state index in [2.05, 4.69) is 5.32 Å². The van der Waals surface area contributed by atoms with Crippen molar-refractivity contribution in [3.05, 3.63) is 29.8 Å². The Morgan fingerprint density at radius 3 is 3.00 bits per heavy atom. The molecular weight excluding hydrogens is 306 g/mol. The fourth-order valence-electron chi connectivity index (χ4n) is 6.75. The van der Waals surface area contributed by atoms with Crippen LogP contribution >= 0.6 is 0 Å². The van der Waals surface area contributed by atoms with E-state index >= 15 is 0 Å². The van der Waals surface area contributed by atoms with Gasteiger partial charge in [-0.2, -0.15) is 0 Å². The molecular formula is C19H25NO2S. The Hall–Kier alpha value is -0.870. The summed E-state index contributed by atoms with van der Waals surface area (Å²) < 4.78 is 23.4. The molecule has 1 aromatic rings. The Balaban J connectivity index is 1.27. The first-order valence-corrected chi connectivity index (χ1v) is 10.9. The maximum absolute atomic E-state index is 11.7. The summed E-state index contributed by atoms with van der Waals surface area (Å²) in [5.41, 5.74) is 1.88. The average molecular weight is 331 g/mol. The molecule has 3 nitrogen and oxygen atoms in total. The van der Waals surface area contributed by atoms with Gasteiger partial charge in [-0.1, -0.05) is 18.6 Å². The van der Waals surface area contributed by atoms with Gasteiger partial charge in [-0.15, -0.1) is 0 Å². The number of rotatable bonds is 4.